The topological polar surface area (TPSA) is 47.0 Å². The van der Waals surface area contributed by atoms with Crippen molar-refractivity contribution in [1.82, 2.24) is 9.97 Å². The molecule has 0 spiro atoms. The van der Waals surface area contributed by atoms with E-state index in [9.17, 15) is 4.39 Å². The third-order valence-corrected chi connectivity index (χ3v) is 1.81. The van der Waals surface area contributed by atoms with E-state index in [0.717, 1.165) is 5.69 Å². The predicted molar refractivity (Wildman–Crippen MR) is 45.3 cm³/mol. The van der Waals surface area contributed by atoms with Gasteiger partial charge in [-0.05, 0) is 5.92 Å². The van der Waals surface area contributed by atoms with E-state index in [-0.39, 0.29) is 11.8 Å². The average Bonchev–Trinajstić information content (AvgIpc) is 2.42. The van der Waals surface area contributed by atoms with E-state index >= 15 is 0 Å². The summed E-state index contributed by atoms with van der Waals surface area (Å²) in [7, 11) is 0. The van der Waals surface area contributed by atoms with Gasteiger partial charge in [0.25, 0.3) is 5.88 Å². The fourth-order valence-electron chi connectivity index (χ4n) is 1.09. The average molecular weight is 183 g/mol. The van der Waals surface area contributed by atoms with Gasteiger partial charge in [0.2, 0.25) is 0 Å². The van der Waals surface area contributed by atoms with E-state index in [4.69, 9.17) is 4.74 Å². The molecule has 1 aliphatic rings. The van der Waals surface area contributed by atoms with Gasteiger partial charge < -0.3 is 10.1 Å². The molecule has 0 radical (unpaired) electrons. The van der Waals surface area contributed by atoms with Gasteiger partial charge in [-0.1, -0.05) is 13.8 Å². The maximum Gasteiger partial charge on any atom is 0.321 e. The molecule has 0 aromatic carbocycles. The van der Waals surface area contributed by atoms with E-state index in [2.05, 4.69) is 15.3 Å². The quantitative estimate of drug-likeness (QED) is 0.672. The van der Waals surface area contributed by atoms with Gasteiger partial charge in [0.1, 0.15) is 0 Å². The summed E-state index contributed by atoms with van der Waals surface area (Å²) in [6.45, 7) is 2.48. The number of alkyl halides is 1. The highest BCUT2D eigenvalue weighted by Crippen LogP contribution is 2.28. The van der Waals surface area contributed by atoms with Gasteiger partial charge in [-0.15, -0.1) is 0 Å². The van der Waals surface area contributed by atoms with Crippen LogP contribution in [0.1, 0.15) is 25.5 Å². The minimum absolute atomic E-state index is 0.233. The molecular formula is C8H10FN3O. The number of nitrogens with one attached hydrogen (secondary N) is 1. The maximum atomic E-state index is 12.6. The van der Waals surface area contributed by atoms with Gasteiger partial charge in [0, 0.05) is 0 Å². The Kier molecular flexibility index (Phi) is 1.79. The van der Waals surface area contributed by atoms with Crippen molar-refractivity contribution in [2.45, 2.75) is 26.2 Å². The molecule has 1 aromatic rings. The number of anilines is 1. The van der Waals surface area contributed by atoms with E-state index in [1.54, 1.807) is 6.20 Å². The van der Waals surface area contributed by atoms with Crippen LogP contribution in [-0.2, 0) is 0 Å². The number of aromatic nitrogens is 2. The van der Waals surface area contributed by atoms with Crippen molar-refractivity contribution >= 4 is 5.82 Å². The monoisotopic (exact) mass is 183 g/mol. The zero-order chi connectivity index (χ0) is 9.42. The maximum absolute atomic E-state index is 12.6. The van der Waals surface area contributed by atoms with Crippen LogP contribution >= 0.6 is 0 Å². The Bertz CT molecular complexity index is 329. The zero-order valence-electron chi connectivity index (χ0n) is 7.41. The first-order chi connectivity index (χ1) is 6.16. The largest absolute Gasteiger partial charge is 0.422 e. The summed E-state index contributed by atoms with van der Waals surface area (Å²) in [6.07, 6.45) is 1.60. The highest BCUT2D eigenvalue weighted by atomic mass is 19.1. The van der Waals surface area contributed by atoms with Crippen molar-refractivity contribution in [3.63, 3.8) is 0 Å². The number of halogens is 1. The Morgan fingerprint density at radius 1 is 1.62 bits per heavy atom. The molecule has 13 heavy (non-hydrogen) atoms. The molecule has 70 valence electrons. The van der Waals surface area contributed by atoms with Crippen molar-refractivity contribution in [1.29, 1.82) is 0 Å². The number of hydrogen-bond donors (Lipinski definition) is 1. The summed E-state index contributed by atoms with van der Waals surface area (Å²) in [5.74, 6) is 0.897. The number of rotatable bonds is 1. The first-order valence-electron chi connectivity index (χ1n) is 4.11. The van der Waals surface area contributed by atoms with Crippen LogP contribution in [0.25, 0.3) is 0 Å². The van der Waals surface area contributed by atoms with Gasteiger partial charge in [-0.25, -0.2) is 9.97 Å². The summed E-state index contributed by atoms with van der Waals surface area (Å²) in [5.41, 5.74) is 0.823. The lowest BCUT2D eigenvalue weighted by Gasteiger charge is -2.03. The molecule has 1 aromatic heterocycles. The van der Waals surface area contributed by atoms with Crippen LogP contribution in [0, 0.1) is 0 Å². The van der Waals surface area contributed by atoms with Gasteiger partial charge in [0.05, 0.1) is 11.9 Å². The summed E-state index contributed by atoms with van der Waals surface area (Å²) in [6, 6.07) is 0. The molecule has 1 unspecified atom stereocenters. The van der Waals surface area contributed by atoms with Crippen LogP contribution in [-0.4, -0.2) is 16.4 Å². The normalized spacial score (nSPS) is 19.5. The molecule has 0 saturated heterocycles. The van der Waals surface area contributed by atoms with Gasteiger partial charge in [0.15, 0.2) is 5.82 Å². The van der Waals surface area contributed by atoms with Crippen LogP contribution in [0.3, 0.4) is 0 Å². The standard InChI is InChI=1S/C8H10FN3O/c1-4(2)5-3-10-7-6(11-5)12-8(9)13-7/h3-4,8H,1-2H3,(H,11,12). The van der Waals surface area contributed by atoms with Gasteiger partial charge in [-0.3, -0.25) is 0 Å². The summed E-state index contributed by atoms with van der Waals surface area (Å²) in [5, 5.41) is 2.43. The molecule has 2 rings (SSSR count). The first-order valence-corrected chi connectivity index (χ1v) is 4.11. The van der Waals surface area contributed by atoms with Gasteiger partial charge >= 0.3 is 6.48 Å². The van der Waals surface area contributed by atoms with Crippen molar-refractivity contribution in [2.75, 3.05) is 5.32 Å². The van der Waals surface area contributed by atoms with Crippen LogP contribution in [0.2, 0.25) is 0 Å². The van der Waals surface area contributed by atoms with E-state index in [1.165, 1.54) is 0 Å². The lowest BCUT2D eigenvalue weighted by molar-refractivity contribution is 0.107. The number of hydrogen-bond acceptors (Lipinski definition) is 4. The van der Waals surface area contributed by atoms with E-state index in [1.807, 2.05) is 13.8 Å². The van der Waals surface area contributed by atoms with Crippen LogP contribution in [0.15, 0.2) is 6.20 Å². The minimum atomic E-state index is -1.52. The Morgan fingerprint density at radius 3 is 3.08 bits per heavy atom. The number of fused-ring (bicyclic) bond motifs is 1. The fraction of sp³-hybridized carbons (Fsp3) is 0.500. The lowest BCUT2D eigenvalue weighted by atomic mass is 10.1. The third kappa shape index (κ3) is 1.41. The molecule has 1 aliphatic heterocycles. The van der Waals surface area contributed by atoms with Crippen molar-refractivity contribution in [3.05, 3.63) is 11.9 Å². The number of ether oxygens (including phenoxy) is 1. The Hall–Kier alpha value is -1.39. The van der Waals surface area contributed by atoms with E-state index < -0.39 is 6.48 Å². The molecule has 5 heteroatoms. The van der Waals surface area contributed by atoms with Crippen LogP contribution in [0.5, 0.6) is 5.88 Å². The molecule has 0 amide bonds. The molecule has 1 N–H and O–H groups in total. The van der Waals surface area contributed by atoms with Crippen molar-refractivity contribution < 1.29 is 9.13 Å². The Labute approximate surface area is 75.2 Å². The SMILES string of the molecule is CC(C)c1cnc2c(n1)NC(F)O2. The molecule has 4 nitrogen and oxygen atoms in total. The summed E-state index contributed by atoms with van der Waals surface area (Å²) >= 11 is 0. The molecule has 1 atom stereocenters. The Balaban J connectivity index is 2.35. The molecule has 0 bridgehead atoms. The second-order valence-electron chi connectivity index (χ2n) is 3.18. The van der Waals surface area contributed by atoms with Crippen LogP contribution in [0.4, 0.5) is 10.2 Å². The second kappa shape index (κ2) is 2.83. The summed E-state index contributed by atoms with van der Waals surface area (Å²) in [4.78, 5) is 8.11. The van der Waals surface area contributed by atoms with Crippen LogP contribution < -0.4 is 10.1 Å². The third-order valence-electron chi connectivity index (χ3n) is 1.81. The van der Waals surface area contributed by atoms with Crippen molar-refractivity contribution in [3.8, 4) is 5.88 Å². The number of nitrogens with zero attached hydrogens (tertiary/aromatic N) is 2. The minimum Gasteiger partial charge on any atom is -0.422 e. The smallest absolute Gasteiger partial charge is 0.321 e. The second-order valence-corrected chi connectivity index (χ2v) is 3.18. The molecule has 0 saturated carbocycles. The summed E-state index contributed by atoms with van der Waals surface area (Å²) < 4.78 is 17.3. The molecule has 0 aliphatic carbocycles. The highest BCUT2D eigenvalue weighted by Gasteiger charge is 2.24. The Morgan fingerprint density at radius 2 is 2.38 bits per heavy atom. The first kappa shape index (κ1) is 8.22. The fourth-order valence-corrected chi connectivity index (χ4v) is 1.09. The molecular weight excluding hydrogens is 173 g/mol. The molecule has 0 fully saturated rings. The predicted octanol–water partition coefficient (Wildman–Crippen LogP) is 1.66. The lowest BCUT2D eigenvalue weighted by Crippen LogP contribution is -2.12. The van der Waals surface area contributed by atoms with Gasteiger partial charge in [-0.2, -0.15) is 4.39 Å². The zero-order valence-corrected chi connectivity index (χ0v) is 7.41. The molecule has 2 heterocycles. The highest BCUT2D eigenvalue weighted by molar-refractivity contribution is 5.49. The van der Waals surface area contributed by atoms with Crippen molar-refractivity contribution in [2.24, 2.45) is 0 Å². The van der Waals surface area contributed by atoms with E-state index in [0.29, 0.717) is 5.82 Å².